The molecule has 0 saturated carbocycles. The lowest BCUT2D eigenvalue weighted by molar-refractivity contribution is 0.162. The van der Waals surface area contributed by atoms with Gasteiger partial charge in [-0.05, 0) is 75.5 Å². The second-order valence-corrected chi connectivity index (χ2v) is 7.30. The van der Waals surface area contributed by atoms with E-state index in [-0.39, 0.29) is 0 Å². The number of piperidine rings is 1. The standard InChI is InChI=1S/C23H27N2O/c1-18-4-9-23-20(17-18)12-16-25(23)15-2-3-19-5-7-21(8-6-19)26-22-10-13-24-14-11-22/h4-9,16-17,22,24H,2-3,10-11,13-15H2,1H3. The van der Waals surface area contributed by atoms with Crippen LogP contribution >= 0.6 is 0 Å². The molecule has 1 aliphatic heterocycles. The molecule has 26 heavy (non-hydrogen) atoms. The predicted molar refractivity (Wildman–Crippen MR) is 107 cm³/mol. The average molecular weight is 347 g/mol. The minimum absolute atomic E-state index is 0.365. The molecule has 1 radical (unpaired) electrons. The van der Waals surface area contributed by atoms with Crippen LogP contribution in [-0.4, -0.2) is 23.8 Å². The molecule has 0 spiro atoms. The molecule has 0 unspecified atom stereocenters. The van der Waals surface area contributed by atoms with Crippen molar-refractivity contribution < 1.29 is 4.74 Å². The van der Waals surface area contributed by atoms with Gasteiger partial charge in [-0.15, -0.1) is 0 Å². The quantitative estimate of drug-likeness (QED) is 0.710. The lowest BCUT2D eigenvalue weighted by Crippen LogP contribution is -2.34. The van der Waals surface area contributed by atoms with Crippen molar-refractivity contribution in [2.24, 2.45) is 0 Å². The van der Waals surface area contributed by atoms with Gasteiger partial charge in [-0.3, -0.25) is 0 Å². The zero-order valence-electron chi connectivity index (χ0n) is 15.5. The molecule has 3 heteroatoms. The Hall–Kier alpha value is -2.26. The molecular formula is C23H27N2O. The summed E-state index contributed by atoms with van der Waals surface area (Å²) in [5.41, 5.74) is 3.94. The van der Waals surface area contributed by atoms with Crippen molar-refractivity contribution in [2.75, 3.05) is 13.1 Å². The largest absolute Gasteiger partial charge is 0.490 e. The summed E-state index contributed by atoms with van der Waals surface area (Å²) in [6, 6.07) is 18.6. The van der Waals surface area contributed by atoms with Gasteiger partial charge in [0, 0.05) is 29.7 Å². The van der Waals surface area contributed by atoms with Gasteiger partial charge in [0.2, 0.25) is 0 Å². The van der Waals surface area contributed by atoms with Gasteiger partial charge in [0.25, 0.3) is 0 Å². The van der Waals surface area contributed by atoms with Gasteiger partial charge in [0.15, 0.2) is 0 Å². The van der Waals surface area contributed by atoms with Crippen molar-refractivity contribution in [3.8, 4) is 5.75 Å². The second-order valence-electron chi connectivity index (χ2n) is 7.30. The molecule has 1 N–H and O–H groups in total. The molecule has 2 aromatic carbocycles. The van der Waals surface area contributed by atoms with Crippen molar-refractivity contribution >= 4 is 10.9 Å². The molecular weight excluding hydrogens is 320 g/mol. The Morgan fingerprint density at radius 1 is 1.12 bits per heavy atom. The number of rotatable bonds is 6. The lowest BCUT2D eigenvalue weighted by atomic mass is 10.1. The van der Waals surface area contributed by atoms with E-state index in [1.165, 1.54) is 22.0 Å². The maximum atomic E-state index is 6.08. The fraction of sp³-hybridized carbons (Fsp3) is 0.391. The van der Waals surface area contributed by atoms with Crippen molar-refractivity contribution in [3.05, 3.63) is 65.9 Å². The average Bonchev–Trinajstić information content (AvgIpc) is 3.06. The van der Waals surface area contributed by atoms with Gasteiger partial charge in [-0.25, -0.2) is 0 Å². The fourth-order valence-electron chi connectivity index (χ4n) is 3.71. The first-order valence-corrected chi connectivity index (χ1v) is 9.71. The number of hydrogen-bond acceptors (Lipinski definition) is 2. The third kappa shape index (κ3) is 4.10. The molecule has 1 saturated heterocycles. The van der Waals surface area contributed by atoms with Gasteiger partial charge in [0.05, 0.1) is 0 Å². The monoisotopic (exact) mass is 347 g/mol. The number of benzene rings is 2. The molecule has 4 rings (SSSR count). The summed E-state index contributed by atoms with van der Waals surface area (Å²) in [5, 5.41) is 4.59. The van der Waals surface area contributed by atoms with Crippen LogP contribution in [0.1, 0.15) is 30.4 Å². The zero-order valence-corrected chi connectivity index (χ0v) is 15.5. The summed E-state index contributed by atoms with van der Waals surface area (Å²) in [4.78, 5) is 0. The summed E-state index contributed by atoms with van der Waals surface area (Å²) in [5.74, 6) is 1.00. The highest BCUT2D eigenvalue weighted by molar-refractivity contribution is 5.80. The highest BCUT2D eigenvalue weighted by atomic mass is 16.5. The molecule has 0 aliphatic carbocycles. The number of fused-ring (bicyclic) bond motifs is 1. The Morgan fingerprint density at radius 2 is 1.92 bits per heavy atom. The molecule has 1 fully saturated rings. The van der Waals surface area contributed by atoms with Crippen LogP contribution in [0, 0.1) is 13.0 Å². The van der Waals surface area contributed by atoms with Crippen molar-refractivity contribution in [2.45, 2.75) is 45.3 Å². The summed E-state index contributed by atoms with van der Waals surface area (Å²) in [6.45, 7) is 5.28. The first-order chi connectivity index (χ1) is 12.8. The highest BCUT2D eigenvalue weighted by Crippen LogP contribution is 2.20. The number of ether oxygens (including phenoxy) is 1. The van der Waals surface area contributed by atoms with Crippen LogP contribution in [-0.2, 0) is 13.0 Å². The van der Waals surface area contributed by atoms with E-state index in [2.05, 4.69) is 71.5 Å². The van der Waals surface area contributed by atoms with E-state index in [0.29, 0.717) is 6.10 Å². The van der Waals surface area contributed by atoms with Crippen LogP contribution in [0.25, 0.3) is 10.9 Å². The van der Waals surface area contributed by atoms with E-state index in [1.807, 2.05) is 0 Å². The van der Waals surface area contributed by atoms with Crippen LogP contribution in [0.3, 0.4) is 0 Å². The summed E-state index contributed by atoms with van der Waals surface area (Å²) in [6.07, 6.45) is 6.86. The lowest BCUT2D eigenvalue weighted by Gasteiger charge is -2.23. The maximum absolute atomic E-state index is 6.08. The molecule has 1 aliphatic rings. The third-order valence-electron chi connectivity index (χ3n) is 5.21. The Labute approximate surface area is 156 Å². The van der Waals surface area contributed by atoms with Crippen LogP contribution in [0.2, 0.25) is 0 Å². The van der Waals surface area contributed by atoms with E-state index >= 15 is 0 Å². The molecule has 0 amide bonds. The second kappa shape index (κ2) is 7.96. The van der Waals surface area contributed by atoms with E-state index < -0.39 is 0 Å². The Balaban J connectivity index is 1.30. The molecule has 0 bridgehead atoms. The van der Waals surface area contributed by atoms with Crippen LogP contribution < -0.4 is 10.1 Å². The van der Waals surface area contributed by atoms with Crippen molar-refractivity contribution in [1.82, 2.24) is 9.88 Å². The van der Waals surface area contributed by atoms with Gasteiger partial charge in [-0.2, -0.15) is 0 Å². The van der Waals surface area contributed by atoms with E-state index in [0.717, 1.165) is 51.1 Å². The summed E-state index contributed by atoms with van der Waals surface area (Å²) >= 11 is 0. The van der Waals surface area contributed by atoms with Crippen LogP contribution in [0.15, 0.2) is 48.7 Å². The molecule has 0 atom stereocenters. The minimum Gasteiger partial charge on any atom is -0.490 e. The van der Waals surface area contributed by atoms with Gasteiger partial charge < -0.3 is 14.6 Å². The van der Waals surface area contributed by atoms with E-state index in [9.17, 15) is 0 Å². The molecule has 3 nitrogen and oxygen atoms in total. The predicted octanol–water partition coefficient (Wildman–Crippen LogP) is 4.51. The highest BCUT2D eigenvalue weighted by Gasteiger charge is 2.14. The molecule has 1 aromatic heterocycles. The first-order valence-electron chi connectivity index (χ1n) is 9.71. The Morgan fingerprint density at radius 3 is 2.73 bits per heavy atom. The topological polar surface area (TPSA) is 26.2 Å². The SMILES string of the molecule is Cc1ccc2c([c]cn2CCCc2ccc(OC3CCNCC3)cc2)c1. The maximum Gasteiger partial charge on any atom is 0.119 e. The third-order valence-corrected chi connectivity index (χ3v) is 5.21. The first kappa shape index (κ1) is 17.2. The number of hydrogen-bond donors (Lipinski definition) is 1. The smallest absolute Gasteiger partial charge is 0.119 e. The number of aryl methyl sites for hydroxylation is 3. The Bertz CT molecular complexity index is 844. The van der Waals surface area contributed by atoms with E-state index in [1.54, 1.807) is 0 Å². The van der Waals surface area contributed by atoms with Gasteiger partial charge in [-0.1, -0.05) is 23.8 Å². The normalized spacial score (nSPS) is 15.4. The van der Waals surface area contributed by atoms with Gasteiger partial charge >= 0.3 is 0 Å². The Kier molecular flexibility index (Phi) is 5.26. The van der Waals surface area contributed by atoms with Crippen LogP contribution in [0.5, 0.6) is 5.75 Å². The minimum atomic E-state index is 0.365. The van der Waals surface area contributed by atoms with Crippen LogP contribution in [0.4, 0.5) is 0 Å². The zero-order chi connectivity index (χ0) is 17.8. The van der Waals surface area contributed by atoms with Crippen molar-refractivity contribution in [1.29, 1.82) is 0 Å². The molecule has 3 aromatic rings. The molecule has 2 heterocycles. The number of nitrogens with one attached hydrogen (secondary N) is 1. The van der Waals surface area contributed by atoms with Crippen molar-refractivity contribution in [3.63, 3.8) is 0 Å². The fourth-order valence-corrected chi connectivity index (χ4v) is 3.71. The molecule has 135 valence electrons. The van der Waals surface area contributed by atoms with E-state index in [4.69, 9.17) is 4.74 Å². The summed E-state index contributed by atoms with van der Waals surface area (Å²) < 4.78 is 8.39. The van der Waals surface area contributed by atoms with Gasteiger partial charge in [0.1, 0.15) is 11.9 Å². The summed E-state index contributed by atoms with van der Waals surface area (Å²) in [7, 11) is 0. The number of nitrogens with zero attached hydrogens (tertiary/aromatic N) is 1. The number of aromatic nitrogens is 1.